The number of unbranched alkanes of at least 4 members (excludes halogenated alkanes) is 8. The predicted octanol–water partition coefficient (Wildman–Crippen LogP) is 7.80. The highest BCUT2D eigenvalue weighted by Gasteiger charge is 2.03. The monoisotopic (exact) mass is 468 g/mol. The molecule has 34 heavy (non-hydrogen) atoms. The summed E-state index contributed by atoms with van der Waals surface area (Å²) in [4.78, 5) is 8.88. The number of nitrogens with zero attached hydrogens (tertiary/aromatic N) is 2. The number of hydrogen-bond donors (Lipinski definition) is 0. The van der Waals surface area contributed by atoms with Crippen LogP contribution >= 0.6 is 0 Å². The Morgan fingerprint density at radius 2 is 1.29 bits per heavy atom. The molecule has 0 bridgehead atoms. The van der Waals surface area contributed by atoms with Crippen LogP contribution < -0.4 is 9.47 Å². The lowest BCUT2D eigenvalue weighted by atomic mass is 10.1. The molecular weight excluding hydrogens is 424 g/mol. The van der Waals surface area contributed by atoms with Crippen LogP contribution in [0.2, 0.25) is 0 Å². The molecule has 0 aliphatic heterocycles. The van der Waals surface area contributed by atoms with E-state index in [1.54, 1.807) is 12.4 Å². The van der Waals surface area contributed by atoms with Crippen molar-refractivity contribution in [2.24, 2.45) is 0 Å². The van der Waals surface area contributed by atoms with Crippen molar-refractivity contribution in [3.8, 4) is 22.9 Å². The molecule has 1 aromatic carbocycles. The van der Waals surface area contributed by atoms with Crippen LogP contribution in [0.1, 0.15) is 84.5 Å². The second-order valence-corrected chi connectivity index (χ2v) is 8.63. The summed E-state index contributed by atoms with van der Waals surface area (Å²) in [5.41, 5.74) is 0.961. The third-order valence-electron chi connectivity index (χ3n) is 5.57. The summed E-state index contributed by atoms with van der Waals surface area (Å²) < 4.78 is 17.2. The van der Waals surface area contributed by atoms with Crippen molar-refractivity contribution >= 4 is 0 Å². The van der Waals surface area contributed by atoms with Gasteiger partial charge in [0.1, 0.15) is 12.4 Å². The molecule has 0 aliphatic rings. The molecule has 1 aromatic heterocycles. The maximum absolute atomic E-state index is 5.84. The zero-order valence-electron chi connectivity index (χ0n) is 21.3. The van der Waals surface area contributed by atoms with Gasteiger partial charge in [0.05, 0.1) is 19.0 Å². The molecule has 0 unspecified atom stereocenters. The van der Waals surface area contributed by atoms with Crippen molar-refractivity contribution in [1.29, 1.82) is 0 Å². The summed E-state index contributed by atoms with van der Waals surface area (Å²) in [5, 5.41) is 0. The van der Waals surface area contributed by atoms with Crippen LogP contribution in [0.25, 0.3) is 11.4 Å². The number of benzene rings is 1. The van der Waals surface area contributed by atoms with Crippen molar-refractivity contribution in [2.75, 3.05) is 26.4 Å². The molecular formula is C29H44N2O3. The van der Waals surface area contributed by atoms with Crippen LogP contribution in [-0.4, -0.2) is 36.4 Å². The molecule has 0 atom stereocenters. The van der Waals surface area contributed by atoms with Gasteiger partial charge in [0.15, 0.2) is 11.6 Å². The van der Waals surface area contributed by atoms with Crippen molar-refractivity contribution < 1.29 is 14.2 Å². The van der Waals surface area contributed by atoms with Gasteiger partial charge >= 0.3 is 0 Å². The Labute approximate surface area is 207 Å². The first-order chi connectivity index (χ1) is 16.8. The molecule has 0 saturated carbocycles. The number of aromatic nitrogens is 2. The van der Waals surface area contributed by atoms with Crippen molar-refractivity contribution in [1.82, 2.24) is 9.97 Å². The van der Waals surface area contributed by atoms with Gasteiger partial charge in [0.2, 0.25) is 0 Å². The first-order valence-electron chi connectivity index (χ1n) is 13.2. The Balaban J connectivity index is 1.59. The van der Waals surface area contributed by atoms with Gasteiger partial charge in [-0.2, -0.15) is 0 Å². The van der Waals surface area contributed by atoms with Gasteiger partial charge < -0.3 is 14.2 Å². The molecule has 0 spiro atoms. The van der Waals surface area contributed by atoms with Gasteiger partial charge in [0, 0.05) is 18.8 Å². The maximum atomic E-state index is 5.84. The SMILES string of the molecule is CCCCCCC=CCOc1cnc(-c2ccc(OCCCCOCCCCCC)cc2)nc1. The van der Waals surface area contributed by atoms with E-state index in [0.717, 1.165) is 43.8 Å². The summed E-state index contributed by atoms with van der Waals surface area (Å²) in [5.74, 6) is 2.23. The molecule has 0 N–H and O–H groups in total. The summed E-state index contributed by atoms with van der Waals surface area (Å²) in [7, 11) is 0. The van der Waals surface area contributed by atoms with E-state index in [9.17, 15) is 0 Å². The first kappa shape index (κ1) is 27.8. The quantitative estimate of drug-likeness (QED) is 0.146. The van der Waals surface area contributed by atoms with E-state index in [1.165, 1.54) is 51.4 Å². The van der Waals surface area contributed by atoms with Gasteiger partial charge in [0.25, 0.3) is 0 Å². The average molecular weight is 469 g/mol. The number of hydrogen-bond acceptors (Lipinski definition) is 5. The first-order valence-corrected chi connectivity index (χ1v) is 13.2. The summed E-state index contributed by atoms with van der Waals surface area (Å²) in [6, 6.07) is 7.93. The normalized spacial score (nSPS) is 11.2. The summed E-state index contributed by atoms with van der Waals surface area (Å²) in [6.45, 7) is 7.42. The van der Waals surface area contributed by atoms with Crippen molar-refractivity contribution in [2.45, 2.75) is 84.5 Å². The highest BCUT2D eigenvalue weighted by atomic mass is 16.5. The summed E-state index contributed by atoms with van der Waals surface area (Å²) >= 11 is 0. The topological polar surface area (TPSA) is 53.5 Å². The Kier molecular flexibility index (Phi) is 15.5. The fourth-order valence-electron chi connectivity index (χ4n) is 3.49. The molecule has 188 valence electrons. The van der Waals surface area contributed by atoms with Crippen molar-refractivity contribution in [3.63, 3.8) is 0 Å². The lowest BCUT2D eigenvalue weighted by Gasteiger charge is -2.08. The van der Waals surface area contributed by atoms with Gasteiger partial charge in [-0.3, -0.25) is 0 Å². The lowest BCUT2D eigenvalue weighted by Crippen LogP contribution is -2.02. The van der Waals surface area contributed by atoms with Crippen LogP contribution in [0, 0.1) is 0 Å². The minimum Gasteiger partial charge on any atom is -0.494 e. The number of ether oxygens (including phenoxy) is 3. The molecule has 0 radical (unpaired) electrons. The standard InChI is InChI=1S/C29H44N2O3/c1-3-5-7-9-10-11-13-22-34-28-24-30-29(31-25-28)26-16-18-27(19-17-26)33-23-15-14-21-32-20-12-8-6-4-2/h11,13,16-19,24-25H,3-10,12,14-15,20-23H2,1-2H3. The van der Waals surface area contributed by atoms with Crippen LogP contribution in [0.5, 0.6) is 11.5 Å². The second-order valence-electron chi connectivity index (χ2n) is 8.63. The van der Waals surface area contributed by atoms with Crippen molar-refractivity contribution in [3.05, 3.63) is 48.8 Å². The predicted molar refractivity (Wildman–Crippen MR) is 141 cm³/mol. The fourth-order valence-corrected chi connectivity index (χ4v) is 3.49. The second kappa shape index (κ2) is 19.0. The molecule has 5 nitrogen and oxygen atoms in total. The molecule has 0 aliphatic carbocycles. The Hall–Kier alpha value is -2.40. The highest BCUT2D eigenvalue weighted by molar-refractivity contribution is 5.56. The third-order valence-corrected chi connectivity index (χ3v) is 5.57. The third kappa shape index (κ3) is 12.7. The van der Waals surface area contributed by atoms with Gasteiger partial charge in [-0.1, -0.05) is 64.5 Å². The van der Waals surface area contributed by atoms with E-state index in [1.807, 2.05) is 24.3 Å². The average Bonchev–Trinajstić information content (AvgIpc) is 2.87. The molecule has 0 saturated heterocycles. The van der Waals surface area contributed by atoms with E-state index in [-0.39, 0.29) is 0 Å². The molecule has 5 heteroatoms. The van der Waals surface area contributed by atoms with E-state index in [4.69, 9.17) is 14.2 Å². The van der Waals surface area contributed by atoms with Gasteiger partial charge in [-0.05, 0) is 56.4 Å². The number of allylic oxidation sites excluding steroid dienone is 1. The van der Waals surface area contributed by atoms with Gasteiger partial charge in [-0.15, -0.1) is 0 Å². The van der Waals surface area contributed by atoms with E-state index < -0.39 is 0 Å². The van der Waals surface area contributed by atoms with Gasteiger partial charge in [-0.25, -0.2) is 9.97 Å². The van der Waals surface area contributed by atoms with E-state index in [0.29, 0.717) is 24.8 Å². The lowest BCUT2D eigenvalue weighted by molar-refractivity contribution is 0.122. The molecule has 2 rings (SSSR count). The molecule has 0 amide bonds. The molecule has 1 heterocycles. The van der Waals surface area contributed by atoms with Crippen LogP contribution in [0.15, 0.2) is 48.8 Å². The minimum absolute atomic E-state index is 0.549. The highest BCUT2D eigenvalue weighted by Crippen LogP contribution is 2.20. The molecule has 2 aromatic rings. The fraction of sp³-hybridized carbons (Fsp3) is 0.586. The Morgan fingerprint density at radius 3 is 2.00 bits per heavy atom. The van der Waals surface area contributed by atoms with Crippen LogP contribution in [0.3, 0.4) is 0 Å². The molecule has 0 fully saturated rings. The zero-order chi connectivity index (χ0) is 24.1. The van der Waals surface area contributed by atoms with E-state index in [2.05, 4.69) is 36.0 Å². The van der Waals surface area contributed by atoms with Crippen LogP contribution in [0.4, 0.5) is 0 Å². The van der Waals surface area contributed by atoms with E-state index >= 15 is 0 Å². The minimum atomic E-state index is 0.549. The number of rotatable bonds is 20. The zero-order valence-corrected chi connectivity index (χ0v) is 21.3. The largest absolute Gasteiger partial charge is 0.494 e. The van der Waals surface area contributed by atoms with Crippen LogP contribution in [-0.2, 0) is 4.74 Å². The Bertz CT molecular complexity index is 760. The smallest absolute Gasteiger partial charge is 0.159 e. The Morgan fingerprint density at radius 1 is 0.647 bits per heavy atom. The summed E-state index contributed by atoms with van der Waals surface area (Å²) in [6.07, 6.45) is 21.0. The maximum Gasteiger partial charge on any atom is 0.159 e.